The van der Waals surface area contributed by atoms with E-state index in [2.05, 4.69) is 30.9 Å². The van der Waals surface area contributed by atoms with Crippen molar-refractivity contribution >= 4 is 38.6 Å². The average Bonchev–Trinajstić information content (AvgIpc) is 2.68. The van der Waals surface area contributed by atoms with E-state index in [-0.39, 0.29) is 5.82 Å². The third-order valence-electron chi connectivity index (χ3n) is 2.84. The van der Waals surface area contributed by atoms with Gasteiger partial charge in [-0.2, -0.15) is 14.4 Å². The van der Waals surface area contributed by atoms with Crippen LogP contribution in [0.3, 0.4) is 0 Å². The minimum atomic E-state index is -0.878. The topological polar surface area (TPSA) is 95.6 Å². The van der Waals surface area contributed by atoms with E-state index in [9.17, 15) is 4.39 Å². The molecule has 102 valence electrons. The lowest BCUT2D eigenvalue weighted by Crippen LogP contribution is -2.04. The maximum Gasteiger partial charge on any atom is 0.312 e. The van der Waals surface area contributed by atoms with E-state index >= 15 is 0 Å². The van der Waals surface area contributed by atoms with Gasteiger partial charge in [0, 0.05) is 5.69 Å². The summed E-state index contributed by atoms with van der Waals surface area (Å²) in [5.41, 5.74) is 13.7. The van der Waals surface area contributed by atoms with Gasteiger partial charge in [-0.25, -0.2) is 4.98 Å². The van der Waals surface area contributed by atoms with Crippen LogP contribution in [0.5, 0.6) is 0 Å². The van der Waals surface area contributed by atoms with Gasteiger partial charge in [0.2, 0.25) is 0 Å². The Labute approximate surface area is 121 Å². The molecule has 0 saturated heterocycles. The van der Waals surface area contributed by atoms with Gasteiger partial charge >= 0.3 is 6.08 Å². The third-order valence-corrected chi connectivity index (χ3v) is 3.44. The molecule has 6 nitrogen and oxygen atoms in total. The van der Waals surface area contributed by atoms with E-state index in [1.165, 1.54) is 0 Å². The molecule has 1 aromatic carbocycles. The normalized spacial score (nSPS) is 11.1. The van der Waals surface area contributed by atoms with Crippen LogP contribution in [-0.4, -0.2) is 19.5 Å². The molecule has 0 aliphatic rings. The van der Waals surface area contributed by atoms with Crippen molar-refractivity contribution in [1.82, 2.24) is 19.5 Å². The standard InChI is InChI=1S/C12H10BrFN6/c13-11-17-8-9(16)18-12(14)19-10(8)20(11)5-6-2-1-3-7(15)4-6/h1-4H,5,15H2,(H2,16,18,19). The SMILES string of the molecule is Nc1cccc(Cn2c(Br)nc3c(N)nc(F)nc32)c1. The highest BCUT2D eigenvalue weighted by molar-refractivity contribution is 9.10. The molecule has 0 aliphatic carbocycles. The number of nitrogens with two attached hydrogens (primary N) is 2. The Balaban J connectivity index is 2.14. The van der Waals surface area contributed by atoms with Crippen molar-refractivity contribution in [1.29, 1.82) is 0 Å². The number of nitrogens with zero attached hydrogens (tertiary/aromatic N) is 4. The number of hydrogen-bond acceptors (Lipinski definition) is 5. The smallest absolute Gasteiger partial charge is 0.312 e. The monoisotopic (exact) mass is 336 g/mol. The lowest BCUT2D eigenvalue weighted by molar-refractivity contribution is 0.543. The molecule has 0 unspecified atom stereocenters. The lowest BCUT2D eigenvalue weighted by atomic mass is 10.2. The molecule has 0 spiro atoms. The van der Waals surface area contributed by atoms with Crippen LogP contribution in [0.1, 0.15) is 5.56 Å². The molecule has 0 atom stereocenters. The van der Waals surface area contributed by atoms with Gasteiger partial charge < -0.3 is 11.5 Å². The van der Waals surface area contributed by atoms with Crippen molar-refractivity contribution < 1.29 is 4.39 Å². The van der Waals surface area contributed by atoms with Crippen LogP contribution >= 0.6 is 15.9 Å². The van der Waals surface area contributed by atoms with Crippen LogP contribution in [-0.2, 0) is 6.54 Å². The van der Waals surface area contributed by atoms with Gasteiger partial charge in [0.25, 0.3) is 0 Å². The van der Waals surface area contributed by atoms with Crippen LogP contribution in [0.25, 0.3) is 11.2 Å². The molecule has 2 aromatic heterocycles. The molecule has 0 fully saturated rings. The van der Waals surface area contributed by atoms with Crippen LogP contribution < -0.4 is 11.5 Å². The first kappa shape index (κ1) is 12.8. The molecule has 0 aliphatic heterocycles. The first-order valence-corrected chi connectivity index (χ1v) is 6.53. The zero-order valence-corrected chi connectivity index (χ0v) is 11.8. The van der Waals surface area contributed by atoms with Gasteiger partial charge in [-0.3, -0.25) is 4.57 Å². The summed E-state index contributed by atoms with van der Waals surface area (Å²) in [6.45, 7) is 0.442. The number of aromatic nitrogens is 4. The van der Waals surface area contributed by atoms with Crippen LogP contribution in [0, 0.1) is 6.08 Å². The first-order valence-electron chi connectivity index (χ1n) is 5.74. The maximum absolute atomic E-state index is 13.3. The quantitative estimate of drug-likeness (QED) is 0.423. The highest BCUT2D eigenvalue weighted by atomic mass is 79.9. The maximum atomic E-state index is 13.3. The molecular formula is C12H10BrFN6. The summed E-state index contributed by atoms with van der Waals surface area (Å²) in [4.78, 5) is 11.4. The Bertz CT molecular complexity index is 800. The van der Waals surface area contributed by atoms with Crippen molar-refractivity contribution in [3.05, 3.63) is 40.6 Å². The molecule has 3 aromatic rings. The molecular weight excluding hydrogens is 327 g/mol. The van der Waals surface area contributed by atoms with Crippen molar-refractivity contribution in [3.8, 4) is 0 Å². The lowest BCUT2D eigenvalue weighted by Gasteiger charge is -2.06. The number of rotatable bonds is 2. The number of benzene rings is 1. The Hall–Kier alpha value is -2.22. The van der Waals surface area contributed by atoms with E-state index in [1.54, 1.807) is 10.6 Å². The van der Waals surface area contributed by atoms with Gasteiger partial charge in [-0.15, -0.1) is 0 Å². The van der Waals surface area contributed by atoms with Crippen molar-refractivity contribution in [2.75, 3.05) is 11.5 Å². The summed E-state index contributed by atoms with van der Waals surface area (Å²) in [6, 6.07) is 7.39. The van der Waals surface area contributed by atoms with E-state index in [0.29, 0.717) is 28.1 Å². The Kier molecular flexibility index (Phi) is 3.01. The van der Waals surface area contributed by atoms with E-state index in [1.807, 2.05) is 18.2 Å². The highest BCUT2D eigenvalue weighted by Crippen LogP contribution is 2.23. The largest absolute Gasteiger partial charge is 0.399 e. The fourth-order valence-corrected chi connectivity index (χ4v) is 2.45. The fraction of sp³-hybridized carbons (Fsp3) is 0.0833. The van der Waals surface area contributed by atoms with Crippen molar-refractivity contribution in [2.45, 2.75) is 6.54 Å². The number of nitrogen functional groups attached to an aromatic ring is 2. The number of halogens is 2. The fourth-order valence-electron chi connectivity index (χ4n) is 1.98. The summed E-state index contributed by atoms with van der Waals surface area (Å²) in [5, 5.41) is 0. The first-order chi connectivity index (χ1) is 9.54. The third kappa shape index (κ3) is 2.18. The van der Waals surface area contributed by atoms with Crippen LogP contribution in [0.15, 0.2) is 29.0 Å². The number of fused-ring (bicyclic) bond motifs is 1. The highest BCUT2D eigenvalue weighted by Gasteiger charge is 2.15. The van der Waals surface area contributed by atoms with Crippen molar-refractivity contribution in [2.24, 2.45) is 0 Å². The van der Waals surface area contributed by atoms with Crippen LogP contribution in [0.4, 0.5) is 15.9 Å². The molecule has 8 heteroatoms. The summed E-state index contributed by atoms with van der Waals surface area (Å²) in [7, 11) is 0. The number of anilines is 2. The summed E-state index contributed by atoms with van der Waals surface area (Å²) >= 11 is 3.32. The molecule has 0 saturated carbocycles. The molecule has 0 amide bonds. The number of imidazole rings is 1. The predicted octanol–water partition coefficient (Wildman–Crippen LogP) is 1.94. The zero-order chi connectivity index (χ0) is 14.3. The second-order valence-corrected chi connectivity index (χ2v) is 4.97. The molecule has 2 heterocycles. The van der Waals surface area contributed by atoms with Gasteiger partial charge in [-0.1, -0.05) is 12.1 Å². The average molecular weight is 337 g/mol. The van der Waals surface area contributed by atoms with Gasteiger partial charge in [0.15, 0.2) is 21.7 Å². The Morgan fingerprint density at radius 2 is 2.00 bits per heavy atom. The summed E-state index contributed by atoms with van der Waals surface area (Å²) < 4.78 is 15.5. The molecule has 4 N–H and O–H groups in total. The van der Waals surface area contributed by atoms with E-state index in [4.69, 9.17) is 11.5 Å². The molecule has 3 rings (SSSR count). The van der Waals surface area contributed by atoms with Crippen molar-refractivity contribution in [3.63, 3.8) is 0 Å². The van der Waals surface area contributed by atoms with Crippen LogP contribution in [0.2, 0.25) is 0 Å². The second kappa shape index (κ2) is 4.71. The Morgan fingerprint density at radius 3 is 2.75 bits per heavy atom. The molecule has 20 heavy (non-hydrogen) atoms. The van der Waals surface area contributed by atoms with Gasteiger partial charge in [0.1, 0.15) is 0 Å². The summed E-state index contributed by atoms with van der Waals surface area (Å²) in [5.74, 6) is 0.0134. The molecule has 0 bridgehead atoms. The van der Waals surface area contributed by atoms with E-state index < -0.39 is 6.08 Å². The predicted molar refractivity (Wildman–Crippen MR) is 77.3 cm³/mol. The van der Waals surface area contributed by atoms with Gasteiger partial charge in [-0.05, 0) is 33.6 Å². The van der Waals surface area contributed by atoms with Gasteiger partial charge in [0.05, 0.1) is 6.54 Å². The van der Waals surface area contributed by atoms with E-state index in [0.717, 1.165) is 5.56 Å². The minimum Gasteiger partial charge on any atom is -0.399 e. The second-order valence-electron chi connectivity index (χ2n) is 4.26. The zero-order valence-electron chi connectivity index (χ0n) is 10.2. The summed E-state index contributed by atoms with van der Waals surface area (Å²) in [6.07, 6.45) is -0.878. The molecule has 0 radical (unpaired) electrons. The minimum absolute atomic E-state index is 0.0134. The number of hydrogen-bond donors (Lipinski definition) is 2. The Morgan fingerprint density at radius 1 is 1.20 bits per heavy atom.